The van der Waals surface area contributed by atoms with Gasteiger partial charge in [-0.25, -0.2) is 0 Å². The number of nitrogen functional groups attached to an aromatic ring is 1. The molecule has 1 fully saturated rings. The lowest BCUT2D eigenvalue weighted by atomic mass is 9.86. The Kier molecular flexibility index (Phi) is 3.20. The number of fused-ring (bicyclic) bond motifs is 1. The van der Waals surface area contributed by atoms with Crippen molar-refractivity contribution in [2.75, 3.05) is 11.1 Å². The molecule has 4 heteroatoms. The zero-order valence-electron chi connectivity index (χ0n) is 10.3. The number of carbonyl (C=O) groups excluding carboxylic acids is 1. The Balaban J connectivity index is 1.85. The maximum absolute atomic E-state index is 12.2. The Labute approximate surface area is 112 Å². The van der Waals surface area contributed by atoms with Crippen molar-refractivity contribution in [2.24, 2.45) is 5.92 Å². The Bertz CT molecular complexity index is 469. The summed E-state index contributed by atoms with van der Waals surface area (Å²) in [7, 11) is 0. The predicted octanol–water partition coefficient (Wildman–Crippen LogP) is 3.26. The second-order valence-electron chi connectivity index (χ2n) is 5.15. The molecule has 1 amide bonds. The van der Waals surface area contributed by atoms with Gasteiger partial charge in [-0.05, 0) is 30.9 Å². The molecule has 18 heavy (non-hydrogen) atoms. The molecule has 0 bridgehead atoms. The molecule has 0 aromatic heterocycles. The van der Waals surface area contributed by atoms with E-state index in [9.17, 15) is 4.79 Å². The molecule has 1 atom stereocenters. The van der Waals surface area contributed by atoms with Crippen LogP contribution in [0.3, 0.4) is 0 Å². The average molecular weight is 262 g/mol. The Morgan fingerprint density at radius 2 is 2.00 bits per heavy atom. The first-order valence-electron chi connectivity index (χ1n) is 6.62. The van der Waals surface area contributed by atoms with Gasteiger partial charge in [0.2, 0.25) is 5.91 Å². The third-order valence-corrected chi connectivity index (χ3v) is 5.34. The molecule has 96 valence electrons. The molecule has 3 N–H and O–H groups in total. The number of nitrogens with one attached hydrogen (secondary N) is 1. The van der Waals surface area contributed by atoms with Gasteiger partial charge in [0, 0.05) is 4.90 Å². The lowest BCUT2D eigenvalue weighted by molar-refractivity contribution is -0.116. The number of hydrogen-bond donors (Lipinski definition) is 2. The van der Waals surface area contributed by atoms with Crippen molar-refractivity contribution >= 4 is 29.0 Å². The maximum atomic E-state index is 12.2. The molecule has 0 radical (unpaired) electrons. The van der Waals surface area contributed by atoms with E-state index >= 15 is 0 Å². The summed E-state index contributed by atoms with van der Waals surface area (Å²) in [5.41, 5.74) is 7.37. The fourth-order valence-electron chi connectivity index (χ4n) is 2.91. The zero-order chi connectivity index (χ0) is 12.5. The summed E-state index contributed by atoms with van der Waals surface area (Å²) < 4.78 is 0. The Morgan fingerprint density at radius 3 is 2.78 bits per heavy atom. The van der Waals surface area contributed by atoms with Crippen LogP contribution in [0.25, 0.3) is 0 Å². The standard InChI is InChI=1S/C14H18N2OS/c15-10-7-4-8-11-12(10)16-14(17)13(18-11)9-5-2-1-3-6-9/h4,7-9,13H,1-3,5-6,15H2,(H,16,17). The van der Waals surface area contributed by atoms with Crippen molar-refractivity contribution in [1.29, 1.82) is 0 Å². The number of thioether (sulfide) groups is 1. The lowest BCUT2D eigenvalue weighted by Gasteiger charge is -2.32. The van der Waals surface area contributed by atoms with Gasteiger partial charge >= 0.3 is 0 Å². The molecule has 1 aliphatic heterocycles. The van der Waals surface area contributed by atoms with Gasteiger partial charge in [0.05, 0.1) is 16.6 Å². The second-order valence-corrected chi connectivity index (χ2v) is 6.33. The molecule has 1 aromatic carbocycles. The van der Waals surface area contributed by atoms with E-state index in [0.717, 1.165) is 10.6 Å². The monoisotopic (exact) mass is 262 g/mol. The molecule has 0 saturated heterocycles. The molecular weight excluding hydrogens is 244 g/mol. The fraction of sp³-hybridized carbons (Fsp3) is 0.500. The normalized spacial score (nSPS) is 24.4. The topological polar surface area (TPSA) is 55.1 Å². The van der Waals surface area contributed by atoms with E-state index in [1.807, 2.05) is 18.2 Å². The first kappa shape index (κ1) is 11.9. The summed E-state index contributed by atoms with van der Waals surface area (Å²) in [6, 6.07) is 5.84. The maximum Gasteiger partial charge on any atom is 0.238 e. The van der Waals surface area contributed by atoms with Crippen molar-refractivity contribution in [3.63, 3.8) is 0 Å². The molecular formula is C14H18N2OS. The van der Waals surface area contributed by atoms with E-state index < -0.39 is 0 Å². The summed E-state index contributed by atoms with van der Waals surface area (Å²) in [6.07, 6.45) is 6.21. The van der Waals surface area contributed by atoms with Crippen LogP contribution in [0.15, 0.2) is 23.1 Å². The summed E-state index contributed by atoms with van der Waals surface area (Å²) >= 11 is 1.69. The minimum absolute atomic E-state index is 0.0691. The number of hydrogen-bond acceptors (Lipinski definition) is 3. The van der Waals surface area contributed by atoms with Crippen LogP contribution in [-0.4, -0.2) is 11.2 Å². The fourth-order valence-corrected chi connectivity index (χ4v) is 4.26. The molecule has 3 nitrogen and oxygen atoms in total. The van der Waals surface area contributed by atoms with Crippen LogP contribution in [0.4, 0.5) is 11.4 Å². The first-order valence-corrected chi connectivity index (χ1v) is 7.49. The predicted molar refractivity (Wildman–Crippen MR) is 75.7 cm³/mol. The molecule has 2 aliphatic rings. The Morgan fingerprint density at radius 1 is 1.22 bits per heavy atom. The van der Waals surface area contributed by atoms with Gasteiger partial charge in [0.1, 0.15) is 0 Å². The number of amides is 1. The van der Waals surface area contributed by atoms with Crippen molar-refractivity contribution in [3.05, 3.63) is 18.2 Å². The summed E-state index contributed by atoms with van der Waals surface area (Å²) in [5, 5.41) is 3.06. The number of nitrogens with two attached hydrogens (primary N) is 1. The van der Waals surface area contributed by atoms with Crippen molar-refractivity contribution in [3.8, 4) is 0 Å². The number of para-hydroxylation sites is 1. The van der Waals surface area contributed by atoms with E-state index in [1.54, 1.807) is 11.8 Å². The van der Waals surface area contributed by atoms with Gasteiger partial charge in [-0.2, -0.15) is 0 Å². The minimum Gasteiger partial charge on any atom is -0.397 e. The first-order chi connectivity index (χ1) is 8.75. The van der Waals surface area contributed by atoms with E-state index in [2.05, 4.69) is 5.32 Å². The van der Waals surface area contributed by atoms with Gasteiger partial charge in [-0.15, -0.1) is 11.8 Å². The molecule has 0 spiro atoms. The van der Waals surface area contributed by atoms with E-state index in [4.69, 9.17) is 5.73 Å². The smallest absolute Gasteiger partial charge is 0.238 e. The number of anilines is 2. The average Bonchev–Trinajstić information content (AvgIpc) is 2.40. The number of carbonyl (C=O) groups is 1. The molecule has 1 saturated carbocycles. The van der Waals surface area contributed by atoms with Crippen LogP contribution < -0.4 is 11.1 Å². The Hall–Kier alpha value is -1.16. The van der Waals surface area contributed by atoms with Crippen molar-refractivity contribution in [1.82, 2.24) is 0 Å². The molecule has 1 unspecified atom stereocenters. The lowest BCUT2D eigenvalue weighted by Crippen LogP contribution is -2.36. The largest absolute Gasteiger partial charge is 0.397 e. The highest BCUT2D eigenvalue weighted by atomic mass is 32.2. The molecule has 1 aromatic rings. The summed E-state index contributed by atoms with van der Waals surface area (Å²) in [5.74, 6) is 0.663. The van der Waals surface area contributed by atoms with Gasteiger partial charge in [0.25, 0.3) is 0 Å². The third-order valence-electron chi connectivity index (χ3n) is 3.90. The highest BCUT2D eigenvalue weighted by Gasteiger charge is 2.34. The molecule has 1 aliphatic carbocycles. The van der Waals surface area contributed by atoms with Gasteiger partial charge in [-0.3, -0.25) is 4.79 Å². The van der Waals surface area contributed by atoms with Gasteiger partial charge < -0.3 is 11.1 Å². The highest BCUT2D eigenvalue weighted by Crippen LogP contribution is 2.44. The minimum atomic E-state index is 0.0691. The van der Waals surface area contributed by atoms with Crippen LogP contribution in [0, 0.1) is 5.92 Å². The second kappa shape index (κ2) is 4.84. The van der Waals surface area contributed by atoms with E-state index in [1.165, 1.54) is 32.1 Å². The third kappa shape index (κ3) is 2.09. The van der Waals surface area contributed by atoms with Gasteiger partial charge in [-0.1, -0.05) is 25.3 Å². The van der Waals surface area contributed by atoms with Crippen molar-refractivity contribution < 1.29 is 4.79 Å². The van der Waals surface area contributed by atoms with Crippen LogP contribution in [0.1, 0.15) is 32.1 Å². The van der Waals surface area contributed by atoms with Gasteiger partial charge in [0.15, 0.2) is 0 Å². The highest BCUT2D eigenvalue weighted by molar-refractivity contribution is 8.01. The number of rotatable bonds is 1. The zero-order valence-corrected chi connectivity index (χ0v) is 11.1. The molecule has 1 heterocycles. The number of benzene rings is 1. The SMILES string of the molecule is Nc1cccc2c1NC(=O)C(C1CCCCC1)S2. The van der Waals surface area contributed by atoms with Crippen LogP contribution in [0.5, 0.6) is 0 Å². The van der Waals surface area contributed by atoms with E-state index in [0.29, 0.717) is 11.6 Å². The summed E-state index contributed by atoms with van der Waals surface area (Å²) in [4.78, 5) is 13.3. The van der Waals surface area contributed by atoms with Crippen molar-refractivity contribution in [2.45, 2.75) is 42.2 Å². The summed E-state index contributed by atoms with van der Waals surface area (Å²) in [6.45, 7) is 0. The van der Waals surface area contributed by atoms with Crippen LogP contribution in [0.2, 0.25) is 0 Å². The van der Waals surface area contributed by atoms with E-state index in [-0.39, 0.29) is 11.2 Å². The van der Waals surface area contributed by atoms with Crippen LogP contribution >= 0.6 is 11.8 Å². The quantitative estimate of drug-likeness (QED) is 0.764. The molecule has 3 rings (SSSR count). The van der Waals surface area contributed by atoms with Crippen LogP contribution in [-0.2, 0) is 4.79 Å².